The first-order valence-electron chi connectivity index (χ1n) is 7.25. The molecule has 2 rings (SSSR count). The summed E-state index contributed by atoms with van der Waals surface area (Å²) in [5.74, 6) is 0.646. The Hall–Kier alpha value is -1.61. The van der Waals surface area contributed by atoms with E-state index in [1.165, 1.54) is 22.4 Å². The standard InChI is InChI=1S/C17H25N3/c1-11(2)16-9-17(20(5)19-16)15(10-18)14-7-6-12(3)13(4)8-14/h6-9,11,15H,10,18H2,1-5H3. The molecule has 0 spiro atoms. The van der Waals surface area contributed by atoms with Gasteiger partial charge in [-0.25, -0.2) is 0 Å². The third-order valence-electron chi connectivity index (χ3n) is 4.05. The highest BCUT2D eigenvalue weighted by atomic mass is 15.3. The lowest BCUT2D eigenvalue weighted by Gasteiger charge is -2.17. The van der Waals surface area contributed by atoms with Crippen LogP contribution < -0.4 is 5.73 Å². The van der Waals surface area contributed by atoms with Crippen molar-refractivity contribution in [2.75, 3.05) is 6.54 Å². The second kappa shape index (κ2) is 5.80. The number of rotatable bonds is 4. The van der Waals surface area contributed by atoms with Crippen molar-refractivity contribution >= 4 is 0 Å². The normalized spacial score (nSPS) is 12.9. The molecule has 2 aromatic rings. The van der Waals surface area contributed by atoms with Crippen LogP contribution in [0, 0.1) is 13.8 Å². The molecule has 0 aliphatic heterocycles. The summed E-state index contributed by atoms with van der Waals surface area (Å²) in [7, 11) is 2.00. The molecule has 0 amide bonds. The van der Waals surface area contributed by atoms with Crippen molar-refractivity contribution in [2.24, 2.45) is 12.8 Å². The van der Waals surface area contributed by atoms with Gasteiger partial charge in [0.1, 0.15) is 0 Å². The van der Waals surface area contributed by atoms with E-state index >= 15 is 0 Å². The molecule has 0 saturated heterocycles. The number of hydrogen-bond acceptors (Lipinski definition) is 2. The van der Waals surface area contributed by atoms with Crippen LogP contribution in [0.15, 0.2) is 24.3 Å². The van der Waals surface area contributed by atoms with Crippen LogP contribution in [0.3, 0.4) is 0 Å². The Labute approximate surface area is 121 Å². The zero-order chi connectivity index (χ0) is 14.9. The van der Waals surface area contributed by atoms with Gasteiger partial charge in [-0.1, -0.05) is 32.0 Å². The number of benzene rings is 1. The maximum absolute atomic E-state index is 6.04. The van der Waals surface area contributed by atoms with Gasteiger partial charge in [-0.2, -0.15) is 5.10 Å². The van der Waals surface area contributed by atoms with Crippen LogP contribution in [0.4, 0.5) is 0 Å². The van der Waals surface area contributed by atoms with Crippen LogP contribution >= 0.6 is 0 Å². The van der Waals surface area contributed by atoms with Crippen molar-refractivity contribution < 1.29 is 0 Å². The van der Waals surface area contributed by atoms with E-state index in [1.807, 2.05) is 11.7 Å². The molecule has 1 aromatic carbocycles. The molecular formula is C17H25N3. The highest BCUT2D eigenvalue weighted by molar-refractivity contribution is 5.36. The maximum Gasteiger partial charge on any atom is 0.0653 e. The van der Waals surface area contributed by atoms with Crippen LogP contribution in [0.1, 0.15) is 53.8 Å². The fourth-order valence-electron chi connectivity index (χ4n) is 2.52. The summed E-state index contributed by atoms with van der Waals surface area (Å²) in [4.78, 5) is 0. The Bertz CT molecular complexity index is 596. The number of aryl methyl sites for hydroxylation is 3. The van der Waals surface area contributed by atoms with E-state index in [4.69, 9.17) is 5.73 Å². The van der Waals surface area contributed by atoms with Gasteiger partial charge in [-0.3, -0.25) is 4.68 Å². The van der Waals surface area contributed by atoms with Crippen molar-refractivity contribution in [3.8, 4) is 0 Å². The van der Waals surface area contributed by atoms with Gasteiger partial charge in [0.25, 0.3) is 0 Å². The fourth-order valence-corrected chi connectivity index (χ4v) is 2.52. The van der Waals surface area contributed by atoms with Crippen LogP contribution in [0.5, 0.6) is 0 Å². The van der Waals surface area contributed by atoms with Gasteiger partial charge < -0.3 is 5.73 Å². The lowest BCUT2D eigenvalue weighted by atomic mass is 9.92. The van der Waals surface area contributed by atoms with Crippen molar-refractivity contribution in [2.45, 2.75) is 39.5 Å². The van der Waals surface area contributed by atoms with Crippen LogP contribution in [-0.2, 0) is 7.05 Å². The van der Waals surface area contributed by atoms with E-state index in [1.54, 1.807) is 0 Å². The second-order valence-electron chi connectivity index (χ2n) is 5.90. The topological polar surface area (TPSA) is 43.8 Å². The van der Waals surface area contributed by atoms with Crippen LogP contribution in [0.2, 0.25) is 0 Å². The van der Waals surface area contributed by atoms with Gasteiger partial charge >= 0.3 is 0 Å². The summed E-state index contributed by atoms with van der Waals surface area (Å²) >= 11 is 0. The summed E-state index contributed by atoms with van der Waals surface area (Å²) in [6, 6.07) is 8.79. The van der Waals surface area contributed by atoms with E-state index in [-0.39, 0.29) is 5.92 Å². The highest BCUT2D eigenvalue weighted by Gasteiger charge is 2.19. The summed E-state index contributed by atoms with van der Waals surface area (Å²) in [6.07, 6.45) is 0. The quantitative estimate of drug-likeness (QED) is 0.927. The predicted molar refractivity (Wildman–Crippen MR) is 84.1 cm³/mol. The average Bonchev–Trinajstić information content (AvgIpc) is 2.77. The summed E-state index contributed by atoms with van der Waals surface area (Å²) in [6.45, 7) is 9.21. The molecule has 108 valence electrons. The molecule has 20 heavy (non-hydrogen) atoms. The third-order valence-corrected chi connectivity index (χ3v) is 4.05. The Morgan fingerprint density at radius 3 is 2.35 bits per heavy atom. The first-order valence-corrected chi connectivity index (χ1v) is 7.25. The Morgan fingerprint density at radius 2 is 1.85 bits per heavy atom. The molecule has 0 radical (unpaired) electrons. The highest BCUT2D eigenvalue weighted by Crippen LogP contribution is 2.27. The van der Waals surface area contributed by atoms with Gasteiger partial charge in [-0.15, -0.1) is 0 Å². The lowest BCUT2D eigenvalue weighted by molar-refractivity contribution is 0.649. The molecule has 0 aliphatic rings. The largest absolute Gasteiger partial charge is 0.329 e. The minimum absolute atomic E-state index is 0.208. The maximum atomic E-state index is 6.04. The molecular weight excluding hydrogens is 246 g/mol. The molecule has 2 N–H and O–H groups in total. The van der Waals surface area contributed by atoms with E-state index < -0.39 is 0 Å². The van der Waals surface area contributed by atoms with Gasteiger partial charge in [0.05, 0.1) is 5.69 Å². The minimum Gasteiger partial charge on any atom is -0.329 e. The molecule has 1 heterocycles. The van der Waals surface area contributed by atoms with E-state index in [0.717, 1.165) is 5.69 Å². The van der Waals surface area contributed by atoms with E-state index in [2.05, 4.69) is 57.1 Å². The summed E-state index contributed by atoms with van der Waals surface area (Å²) in [5, 5.41) is 4.61. The smallest absolute Gasteiger partial charge is 0.0653 e. The summed E-state index contributed by atoms with van der Waals surface area (Å²) in [5.41, 5.74) is 12.3. The van der Waals surface area contributed by atoms with Crippen molar-refractivity contribution in [1.29, 1.82) is 0 Å². The molecule has 0 bridgehead atoms. The first kappa shape index (κ1) is 14.8. The number of aromatic nitrogens is 2. The molecule has 0 saturated carbocycles. The monoisotopic (exact) mass is 271 g/mol. The van der Waals surface area contributed by atoms with Gasteiger partial charge in [-0.05, 0) is 42.5 Å². The molecule has 3 heteroatoms. The van der Waals surface area contributed by atoms with E-state index in [9.17, 15) is 0 Å². The van der Waals surface area contributed by atoms with Crippen LogP contribution in [0.25, 0.3) is 0 Å². The molecule has 3 nitrogen and oxygen atoms in total. The van der Waals surface area contributed by atoms with E-state index in [0.29, 0.717) is 12.5 Å². The Kier molecular flexibility index (Phi) is 4.29. The Balaban J connectivity index is 2.43. The van der Waals surface area contributed by atoms with Crippen LogP contribution in [-0.4, -0.2) is 16.3 Å². The van der Waals surface area contributed by atoms with Crippen molar-refractivity contribution in [3.63, 3.8) is 0 Å². The predicted octanol–water partition coefficient (Wildman–Crippen LogP) is 3.25. The second-order valence-corrected chi connectivity index (χ2v) is 5.90. The van der Waals surface area contributed by atoms with Gasteiger partial charge in [0.2, 0.25) is 0 Å². The summed E-state index contributed by atoms with van der Waals surface area (Å²) < 4.78 is 1.97. The van der Waals surface area contributed by atoms with Crippen molar-refractivity contribution in [3.05, 3.63) is 52.3 Å². The fraction of sp³-hybridized carbons (Fsp3) is 0.471. The molecule has 0 fully saturated rings. The molecule has 0 aliphatic carbocycles. The SMILES string of the molecule is Cc1ccc(C(CN)c2cc(C(C)C)nn2C)cc1C. The molecule has 1 atom stereocenters. The van der Waals surface area contributed by atoms with Gasteiger partial charge in [0, 0.05) is 25.2 Å². The number of nitrogens with zero attached hydrogens (tertiary/aromatic N) is 2. The zero-order valence-electron chi connectivity index (χ0n) is 13.1. The molecule has 1 aromatic heterocycles. The Morgan fingerprint density at radius 1 is 1.15 bits per heavy atom. The third kappa shape index (κ3) is 2.78. The number of hydrogen-bond donors (Lipinski definition) is 1. The average molecular weight is 271 g/mol. The molecule has 1 unspecified atom stereocenters. The first-order chi connectivity index (χ1) is 9.43. The zero-order valence-corrected chi connectivity index (χ0v) is 13.1. The number of nitrogens with two attached hydrogens (primary N) is 1. The minimum atomic E-state index is 0.208. The van der Waals surface area contributed by atoms with Crippen molar-refractivity contribution in [1.82, 2.24) is 9.78 Å². The van der Waals surface area contributed by atoms with Gasteiger partial charge in [0.15, 0.2) is 0 Å². The lowest BCUT2D eigenvalue weighted by Crippen LogP contribution is -2.17.